The molecule has 5 heteroatoms. The molecule has 0 fully saturated rings. The molecule has 0 spiro atoms. The minimum atomic E-state index is -0.637. The van der Waals surface area contributed by atoms with E-state index < -0.39 is 11.7 Å². The number of rotatable bonds is 3. The van der Waals surface area contributed by atoms with E-state index in [1.165, 1.54) is 24.3 Å². The lowest BCUT2D eigenvalue weighted by atomic mass is 10.1. The largest absolute Gasteiger partial charge is 0.319 e. The van der Waals surface area contributed by atoms with Gasteiger partial charge in [0.15, 0.2) is 0 Å². The highest BCUT2D eigenvalue weighted by atomic mass is 127. The van der Waals surface area contributed by atoms with E-state index in [1.807, 2.05) is 24.3 Å². The average molecular weight is 392 g/mol. The van der Waals surface area contributed by atoms with Crippen molar-refractivity contribution < 1.29 is 9.18 Å². The molecule has 0 aliphatic heterocycles. The maximum absolute atomic E-state index is 13.5. The monoisotopic (exact) mass is 392 g/mol. The summed E-state index contributed by atoms with van der Waals surface area (Å²) in [5.74, 6) is -1.18. The minimum absolute atomic E-state index is 0.0476. The van der Waals surface area contributed by atoms with Crippen LogP contribution < -0.4 is 5.32 Å². The number of amides is 1. The van der Waals surface area contributed by atoms with Crippen LogP contribution in [0.4, 0.5) is 10.1 Å². The van der Waals surface area contributed by atoms with Crippen LogP contribution >= 0.6 is 22.6 Å². The zero-order chi connectivity index (χ0) is 15.2. The molecule has 0 unspecified atom stereocenters. The molecule has 2 rings (SSSR count). The summed E-state index contributed by atoms with van der Waals surface area (Å²) in [6, 6.07) is 15.0. The van der Waals surface area contributed by atoms with Gasteiger partial charge in [-0.15, -0.1) is 0 Å². The number of nitrogens with one attached hydrogen (secondary N) is 1. The first-order valence-corrected chi connectivity index (χ1v) is 7.12. The Labute approximate surface area is 135 Å². The standard InChI is InChI=1S/C16H10FIN2O/c17-13-6-2-4-8-15(13)20-16(21)12(10-19)9-11-5-1-3-7-14(11)18/h1-9H,(H,20,21)/b12-9+. The van der Waals surface area contributed by atoms with Crippen LogP contribution in [-0.4, -0.2) is 5.91 Å². The first-order valence-electron chi connectivity index (χ1n) is 6.04. The fraction of sp³-hybridized carbons (Fsp3) is 0. The Kier molecular flexibility index (Phi) is 5.06. The number of halogens is 2. The van der Waals surface area contributed by atoms with Gasteiger partial charge in [-0.1, -0.05) is 30.3 Å². The number of carbonyl (C=O) groups is 1. The van der Waals surface area contributed by atoms with E-state index in [2.05, 4.69) is 27.9 Å². The van der Waals surface area contributed by atoms with Crippen LogP contribution in [0.5, 0.6) is 0 Å². The highest BCUT2D eigenvalue weighted by molar-refractivity contribution is 14.1. The summed E-state index contributed by atoms with van der Waals surface area (Å²) in [5, 5.41) is 11.5. The molecule has 0 aliphatic carbocycles. The van der Waals surface area contributed by atoms with Crippen molar-refractivity contribution in [1.29, 1.82) is 5.26 Å². The highest BCUT2D eigenvalue weighted by Gasteiger charge is 2.12. The van der Waals surface area contributed by atoms with E-state index in [9.17, 15) is 9.18 Å². The maximum Gasteiger partial charge on any atom is 0.266 e. The second kappa shape index (κ2) is 6.99. The third kappa shape index (κ3) is 3.89. The van der Waals surface area contributed by atoms with Crippen LogP contribution in [0.15, 0.2) is 54.1 Å². The predicted molar refractivity (Wildman–Crippen MR) is 87.8 cm³/mol. The molecule has 0 aromatic heterocycles. The van der Waals surface area contributed by atoms with Crippen LogP contribution in [0.2, 0.25) is 0 Å². The van der Waals surface area contributed by atoms with Crippen LogP contribution in [0, 0.1) is 20.7 Å². The summed E-state index contributed by atoms with van der Waals surface area (Å²) < 4.78 is 14.4. The van der Waals surface area contributed by atoms with E-state index >= 15 is 0 Å². The molecule has 0 atom stereocenters. The molecule has 0 aliphatic rings. The van der Waals surface area contributed by atoms with Gasteiger partial charge in [0.25, 0.3) is 5.91 Å². The second-order valence-corrected chi connectivity index (χ2v) is 5.29. The highest BCUT2D eigenvalue weighted by Crippen LogP contribution is 2.17. The van der Waals surface area contributed by atoms with E-state index in [0.29, 0.717) is 0 Å². The van der Waals surface area contributed by atoms with Crippen molar-refractivity contribution in [3.63, 3.8) is 0 Å². The van der Waals surface area contributed by atoms with Gasteiger partial charge in [0.1, 0.15) is 17.5 Å². The lowest BCUT2D eigenvalue weighted by molar-refractivity contribution is -0.112. The summed E-state index contributed by atoms with van der Waals surface area (Å²) in [6.07, 6.45) is 1.48. The van der Waals surface area contributed by atoms with Gasteiger partial charge in [-0.3, -0.25) is 4.79 Å². The number of nitriles is 1. The Morgan fingerprint density at radius 2 is 1.86 bits per heavy atom. The Morgan fingerprint density at radius 3 is 2.52 bits per heavy atom. The average Bonchev–Trinajstić information content (AvgIpc) is 2.48. The zero-order valence-corrected chi connectivity index (χ0v) is 13.0. The topological polar surface area (TPSA) is 52.9 Å². The molecule has 1 N–H and O–H groups in total. The van der Waals surface area contributed by atoms with E-state index in [0.717, 1.165) is 9.13 Å². The Bertz CT molecular complexity index is 750. The lowest BCUT2D eigenvalue weighted by Gasteiger charge is -2.05. The molecule has 0 bridgehead atoms. The zero-order valence-electron chi connectivity index (χ0n) is 10.8. The third-order valence-corrected chi connectivity index (χ3v) is 3.67. The second-order valence-electron chi connectivity index (χ2n) is 4.13. The first kappa shape index (κ1) is 15.2. The molecule has 0 saturated heterocycles. The summed E-state index contributed by atoms with van der Waals surface area (Å²) in [4.78, 5) is 12.0. The molecule has 0 radical (unpaired) electrons. The van der Waals surface area contributed by atoms with Gasteiger partial charge >= 0.3 is 0 Å². The van der Waals surface area contributed by atoms with Crippen molar-refractivity contribution in [3.8, 4) is 6.07 Å². The summed E-state index contributed by atoms with van der Waals surface area (Å²) >= 11 is 2.12. The van der Waals surface area contributed by atoms with Gasteiger partial charge in [0.05, 0.1) is 5.69 Å². The van der Waals surface area contributed by atoms with E-state index in [4.69, 9.17) is 5.26 Å². The van der Waals surface area contributed by atoms with Crippen molar-refractivity contribution in [3.05, 3.63) is 69.1 Å². The predicted octanol–water partition coefficient (Wildman–Crippen LogP) is 3.98. The van der Waals surface area contributed by atoms with Gasteiger partial charge in [-0.2, -0.15) is 5.26 Å². The fourth-order valence-corrected chi connectivity index (χ4v) is 2.19. The van der Waals surface area contributed by atoms with Crippen LogP contribution in [0.1, 0.15) is 5.56 Å². The Morgan fingerprint density at radius 1 is 1.19 bits per heavy atom. The quantitative estimate of drug-likeness (QED) is 0.488. The van der Waals surface area contributed by atoms with Crippen LogP contribution in [0.3, 0.4) is 0 Å². The smallest absolute Gasteiger partial charge is 0.266 e. The van der Waals surface area contributed by atoms with Crippen molar-refractivity contribution in [1.82, 2.24) is 0 Å². The van der Waals surface area contributed by atoms with Gasteiger partial charge < -0.3 is 5.32 Å². The Balaban J connectivity index is 2.26. The van der Waals surface area contributed by atoms with Gasteiger partial charge in [-0.05, 0) is 52.4 Å². The molecule has 21 heavy (non-hydrogen) atoms. The molecule has 2 aromatic rings. The van der Waals surface area contributed by atoms with Crippen molar-refractivity contribution in [2.45, 2.75) is 0 Å². The lowest BCUT2D eigenvalue weighted by Crippen LogP contribution is -2.14. The first-order chi connectivity index (χ1) is 10.1. The van der Waals surface area contributed by atoms with Gasteiger partial charge in [0, 0.05) is 3.57 Å². The number of benzene rings is 2. The third-order valence-electron chi connectivity index (χ3n) is 2.69. The van der Waals surface area contributed by atoms with Gasteiger partial charge in [0.2, 0.25) is 0 Å². The number of carbonyl (C=O) groups excluding carboxylic acids is 1. The SMILES string of the molecule is N#C/C(=C\c1ccccc1I)C(=O)Nc1ccccc1F. The maximum atomic E-state index is 13.5. The number of anilines is 1. The fourth-order valence-electron chi connectivity index (χ4n) is 1.65. The molecule has 2 aromatic carbocycles. The van der Waals surface area contributed by atoms with Crippen LogP contribution in [-0.2, 0) is 4.79 Å². The summed E-state index contributed by atoms with van der Waals surface area (Å²) in [5.41, 5.74) is 0.729. The number of para-hydroxylation sites is 1. The summed E-state index contributed by atoms with van der Waals surface area (Å²) in [6.45, 7) is 0. The molecule has 104 valence electrons. The molecular weight excluding hydrogens is 382 g/mol. The molecule has 0 saturated carbocycles. The van der Waals surface area contributed by atoms with Crippen molar-refractivity contribution >= 4 is 40.3 Å². The molecule has 3 nitrogen and oxygen atoms in total. The molecule has 0 heterocycles. The van der Waals surface area contributed by atoms with E-state index in [1.54, 1.807) is 12.1 Å². The number of hydrogen-bond donors (Lipinski definition) is 1. The number of hydrogen-bond acceptors (Lipinski definition) is 2. The molecule has 1 amide bonds. The van der Waals surface area contributed by atoms with Crippen molar-refractivity contribution in [2.75, 3.05) is 5.32 Å². The van der Waals surface area contributed by atoms with Crippen LogP contribution in [0.25, 0.3) is 6.08 Å². The van der Waals surface area contributed by atoms with E-state index in [-0.39, 0.29) is 11.3 Å². The minimum Gasteiger partial charge on any atom is -0.319 e. The summed E-state index contributed by atoms with van der Waals surface area (Å²) in [7, 11) is 0. The van der Waals surface area contributed by atoms with Gasteiger partial charge in [-0.25, -0.2) is 4.39 Å². The Hall–Kier alpha value is -2.20. The molecular formula is C16H10FIN2O. The normalized spacial score (nSPS) is 10.8. The van der Waals surface area contributed by atoms with Crippen molar-refractivity contribution in [2.24, 2.45) is 0 Å². The number of nitrogens with zero attached hydrogens (tertiary/aromatic N) is 1.